The molecule has 0 saturated heterocycles. The lowest BCUT2D eigenvalue weighted by Gasteiger charge is -2.15. The maximum absolute atomic E-state index is 12.3. The Morgan fingerprint density at radius 3 is 2.47 bits per heavy atom. The van der Waals surface area contributed by atoms with Crippen molar-refractivity contribution < 1.29 is 14.7 Å². The van der Waals surface area contributed by atoms with Crippen molar-refractivity contribution in [3.63, 3.8) is 0 Å². The Morgan fingerprint density at radius 2 is 1.82 bits per heavy atom. The summed E-state index contributed by atoms with van der Waals surface area (Å²) in [6, 6.07) is 7.18. The van der Waals surface area contributed by atoms with Gasteiger partial charge in [-0.3, -0.25) is 9.59 Å². The Morgan fingerprint density at radius 1 is 1.18 bits per heavy atom. The van der Waals surface area contributed by atoms with Gasteiger partial charge in [-0.05, 0) is 18.9 Å². The van der Waals surface area contributed by atoms with Gasteiger partial charge in [0.25, 0.3) is 0 Å². The number of carboxylic acid groups (broad SMARTS) is 1. The van der Waals surface area contributed by atoms with Crippen LogP contribution in [-0.2, 0) is 4.79 Å². The van der Waals surface area contributed by atoms with Crippen molar-refractivity contribution in [2.75, 3.05) is 0 Å². The van der Waals surface area contributed by atoms with Crippen molar-refractivity contribution in [1.82, 2.24) is 0 Å². The van der Waals surface area contributed by atoms with Crippen molar-refractivity contribution in [3.05, 3.63) is 34.3 Å². The molecule has 2 atom stereocenters. The molecule has 1 saturated carbocycles. The van der Waals surface area contributed by atoms with Crippen LogP contribution in [0.2, 0.25) is 0 Å². The lowest BCUT2D eigenvalue weighted by molar-refractivity contribution is -0.142. The first kappa shape index (κ1) is 12.3. The minimum atomic E-state index is -0.854. The second-order valence-corrected chi connectivity index (χ2v) is 5.18. The number of carboxylic acids is 1. The number of hydrogen-bond donors (Lipinski definition) is 1. The molecule has 0 radical (unpaired) electrons. The largest absolute Gasteiger partial charge is 0.481 e. The molecule has 1 aliphatic rings. The highest BCUT2D eigenvalue weighted by atomic mass is 79.9. The molecule has 3 nitrogen and oxygen atoms in total. The molecule has 1 aromatic rings. The summed E-state index contributed by atoms with van der Waals surface area (Å²) in [6.45, 7) is 0. The monoisotopic (exact) mass is 296 g/mol. The Labute approximate surface area is 108 Å². The maximum atomic E-state index is 12.3. The molecule has 1 aromatic carbocycles. The first-order valence-corrected chi connectivity index (χ1v) is 6.42. The Kier molecular flexibility index (Phi) is 3.62. The van der Waals surface area contributed by atoms with E-state index in [1.165, 1.54) is 0 Å². The fourth-order valence-electron chi connectivity index (χ4n) is 2.43. The highest BCUT2D eigenvalue weighted by Crippen LogP contribution is 2.35. The van der Waals surface area contributed by atoms with Crippen LogP contribution in [0.25, 0.3) is 0 Å². The Balaban J connectivity index is 2.26. The summed E-state index contributed by atoms with van der Waals surface area (Å²) in [4.78, 5) is 23.4. The average molecular weight is 297 g/mol. The summed E-state index contributed by atoms with van der Waals surface area (Å²) < 4.78 is 0.737. The van der Waals surface area contributed by atoms with Crippen LogP contribution in [0, 0.1) is 11.8 Å². The average Bonchev–Trinajstić information content (AvgIpc) is 2.77. The zero-order valence-corrected chi connectivity index (χ0v) is 10.8. The summed E-state index contributed by atoms with van der Waals surface area (Å²) in [5.74, 6) is -1.80. The summed E-state index contributed by atoms with van der Waals surface area (Å²) in [6.07, 6.45) is 2.10. The maximum Gasteiger partial charge on any atom is 0.307 e. The lowest BCUT2D eigenvalue weighted by atomic mass is 9.88. The molecule has 0 spiro atoms. The highest BCUT2D eigenvalue weighted by Gasteiger charge is 2.38. The van der Waals surface area contributed by atoms with Gasteiger partial charge in [-0.25, -0.2) is 0 Å². The zero-order chi connectivity index (χ0) is 12.4. The molecule has 0 unspecified atom stereocenters. The van der Waals surface area contributed by atoms with Crippen LogP contribution in [0.1, 0.15) is 29.6 Å². The van der Waals surface area contributed by atoms with Gasteiger partial charge >= 0.3 is 5.97 Å². The Hall–Kier alpha value is -1.16. The third-order valence-electron chi connectivity index (χ3n) is 3.31. The number of rotatable bonds is 3. The molecular weight excluding hydrogens is 284 g/mol. The normalized spacial score (nSPS) is 23.6. The van der Waals surface area contributed by atoms with E-state index in [1.807, 2.05) is 6.07 Å². The van der Waals surface area contributed by atoms with Gasteiger partial charge in [0, 0.05) is 16.0 Å². The van der Waals surface area contributed by atoms with Gasteiger partial charge in [-0.1, -0.05) is 40.5 Å². The van der Waals surface area contributed by atoms with Gasteiger partial charge in [-0.15, -0.1) is 0 Å². The smallest absolute Gasteiger partial charge is 0.307 e. The van der Waals surface area contributed by atoms with Crippen molar-refractivity contribution in [2.24, 2.45) is 11.8 Å². The number of carbonyl (C=O) groups excluding carboxylic acids is 1. The summed E-state index contributed by atoms with van der Waals surface area (Å²) in [7, 11) is 0. The van der Waals surface area contributed by atoms with Gasteiger partial charge in [0.05, 0.1) is 5.92 Å². The molecule has 1 aliphatic carbocycles. The molecule has 17 heavy (non-hydrogen) atoms. The second-order valence-electron chi connectivity index (χ2n) is 4.33. The van der Waals surface area contributed by atoms with Crippen LogP contribution in [0.3, 0.4) is 0 Å². The molecule has 2 rings (SSSR count). The lowest BCUT2D eigenvalue weighted by Crippen LogP contribution is -2.25. The summed E-state index contributed by atoms with van der Waals surface area (Å²) >= 11 is 3.33. The number of halogens is 1. The van der Waals surface area contributed by atoms with Crippen LogP contribution >= 0.6 is 15.9 Å². The van der Waals surface area contributed by atoms with E-state index >= 15 is 0 Å². The van der Waals surface area contributed by atoms with Gasteiger partial charge in [0.2, 0.25) is 0 Å². The van der Waals surface area contributed by atoms with Gasteiger partial charge in [-0.2, -0.15) is 0 Å². The Bertz CT molecular complexity index is 456. The zero-order valence-electron chi connectivity index (χ0n) is 9.23. The fraction of sp³-hybridized carbons (Fsp3) is 0.385. The number of hydrogen-bond acceptors (Lipinski definition) is 2. The van der Waals surface area contributed by atoms with Crippen molar-refractivity contribution >= 4 is 27.7 Å². The van der Waals surface area contributed by atoms with Gasteiger partial charge < -0.3 is 5.11 Å². The first-order valence-electron chi connectivity index (χ1n) is 5.63. The molecular formula is C13H13BrO3. The topological polar surface area (TPSA) is 54.4 Å². The molecule has 1 N–H and O–H groups in total. The van der Waals surface area contributed by atoms with E-state index in [4.69, 9.17) is 5.11 Å². The first-order chi connectivity index (χ1) is 8.11. The number of aliphatic carboxylic acids is 1. The number of carbonyl (C=O) groups is 2. The van der Waals surface area contributed by atoms with E-state index in [-0.39, 0.29) is 11.7 Å². The predicted octanol–water partition coefficient (Wildman–Crippen LogP) is 3.13. The molecule has 1 fully saturated rings. The molecule has 4 heteroatoms. The van der Waals surface area contributed by atoms with Crippen LogP contribution in [0.15, 0.2) is 28.7 Å². The van der Waals surface area contributed by atoms with Gasteiger partial charge in [0.15, 0.2) is 5.78 Å². The SMILES string of the molecule is O=C(O)[C@@H]1CCC[C@H]1C(=O)c1ccccc1Br. The molecule has 90 valence electrons. The van der Waals surface area contributed by atoms with E-state index in [9.17, 15) is 9.59 Å². The van der Waals surface area contributed by atoms with E-state index < -0.39 is 11.9 Å². The predicted molar refractivity (Wildman–Crippen MR) is 66.9 cm³/mol. The number of ketones is 1. The number of Topliss-reactive ketones (excluding diaryl/α,β-unsaturated/α-hetero) is 1. The summed E-state index contributed by atoms with van der Waals surface area (Å²) in [5, 5.41) is 9.08. The minimum Gasteiger partial charge on any atom is -0.481 e. The third kappa shape index (κ3) is 2.41. The standard InChI is InChI=1S/C13H13BrO3/c14-11-7-2-1-4-10(11)12(15)8-5-3-6-9(8)13(16)17/h1-2,4,7-9H,3,5-6H2,(H,16,17)/t8-,9-/m1/s1. The second kappa shape index (κ2) is 5.00. The molecule has 0 aliphatic heterocycles. The summed E-state index contributed by atoms with van der Waals surface area (Å²) in [5.41, 5.74) is 0.589. The fourth-order valence-corrected chi connectivity index (χ4v) is 2.91. The van der Waals surface area contributed by atoms with Crippen LogP contribution in [0.4, 0.5) is 0 Å². The molecule has 0 heterocycles. The number of benzene rings is 1. The van der Waals surface area contributed by atoms with Crippen LogP contribution in [-0.4, -0.2) is 16.9 Å². The molecule has 0 bridgehead atoms. The van der Waals surface area contributed by atoms with Gasteiger partial charge in [0.1, 0.15) is 0 Å². The van der Waals surface area contributed by atoms with Crippen LogP contribution in [0.5, 0.6) is 0 Å². The quantitative estimate of drug-likeness (QED) is 0.872. The van der Waals surface area contributed by atoms with E-state index in [1.54, 1.807) is 18.2 Å². The van der Waals surface area contributed by atoms with E-state index in [0.29, 0.717) is 18.4 Å². The van der Waals surface area contributed by atoms with E-state index in [2.05, 4.69) is 15.9 Å². The van der Waals surface area contributed by atoms with Crippen molar-refractivity contribution in [1.29, 1.82) is 0 Å². The van der Waals surface area contributed by atoms with Crippen molar-refractivity contribution in [3.8, 4) is 0 Å². The van der Waals surface area contributed by atoms with Crippen molar-refractivity contribution in [2.45, 2.75) is 19.3 Å². The van der Waals surface area contributed by atoms with E-state index in [0.717, 1.165) is 10.9 Å². The minimum absolute atomic E-state index is 0.0534. The van der Waals surface area contributed by atoms with Crippen LogP contribution < -0.4 is 0 Å². The third-order valence-corrected chi connectivity index (χ3v) is 4.00. The molecule has 0 amide bonds. The highest BCUT2D eigenvalue weighted by molar-refractivity contribution is 9.10. The molecule has 0 aromatic heterocycles.